The summed E-state index contributed by atoms with van der Waals surface area (Å²) in [5, 5.41) is 3.92. The van der Waals surface area contributed by atoms with Gasteiger partial charge in [0.15, 0.2) is 5.96 Å². The Bertz CT molecular complexity index is 500. The number of hydrogen-bond acceptors (Lipinski definition) is 3. The lowest BCUT2D eigenvalue weighted by atomic mass is 9.46. The molecule has 2 heterocycles. The van der Waals surface area contributed by atoms with Crippen LogP contribution < -0.4 is 5.32 Å². The zero-order valence-corrected chi connectivity index (χ0v) is 19.1. The molecule has 1 N–H and O–H groups in total. The lowest BCUT2D eigenvalue weighted by Crippen LogP contribution is -2.73. The van der Waals surface area contributed by atoms with E-state index in [0.29, 0.717) is 23.5 Å². The van der Waals surface area contributed by atoms with E-state index in [1.807, 2.05) is 0 Å². The van der Waals surface area contributed by atoms with Crippen molar-refractivity contribution in [2.45, 2.75) is 58.6 Å². The predicted molar refractivity (Wildman–Crippen MR) is 117 cm³/mol. The summed E-state index contributed by atoms with van der Waals surface area (Å²) >= 11 is 0. The number of ether oxygens (including phenoxy) is 1. The number of nitrogens with zero attached hydrogens (tertiary/aromatic N) is 3. The summed E-state index contributed by atoms with van der Waals surface area (Å²) in [4.78, 5) is 9.96. The van der Waals surface area contributed by atoms with Crippen LogP contribution in [0.5, 0.6) is 0 Å². The molecule has 4 aliphatic rings. The third-order valence-corrected chi connectivity index (χ3v) is 6.92. The van der Waals surface area contributed by atoms with Gasteiger partial charge in [0.2, 0.25) is 0 Å². The highest BCUT2D eigenvalue weighted by atomic mass is 127. The fourth-order valence-corrected chi connectivity index (χ4v) is 5.64. The minimum absolute atomic E-state index is 0. The van der Waals surface area contributed by atoms with Gasteiger partial charge in [0, 0.05) is 63.3 Å². The minimum Gasteiger partial charge on any atom is -0.377 e. The summed E-state index contributed by atoms with van der Waals surface area (Å²) in [6.07, 6.45) is 5.82. The first-order chi connectivity index (χ1) is 12.1. The average Bonchev–Trinajstić information content (AvgIpc) is 2.95. The van der Waals surface area contributed by atoms with Crippen LogP contribution in [0.25, 0.3) is 0 Å². The van der Waals surface area contributed by atoms with Crippen molar-refractivity contribution < 1.29 is 4.74 Å². The molecule has 0 radical (unpaired) electrons. The average molecular weight is 476 g/mol. The minimum atomic E-state index is 0. The van der Waals surface area contributed by atoms with Crippen LogP contribution in [0.4, 0.5) is 0 Å². The summed E-state index contributed by atoms with van der Waals surface area (Å²) in [6.45, 7) is 14.3. The molecule has 3 atom stereocenters. The van der Waals surface area contributed by atoms with E-state index in [-0.39, 0.29) is 24.0 Å². The number of guanidine groups is 1. The van der Waals surface area contributed by atoms with E-state index < -0.39 is 0 Å². The lowest BCUT2D eigenvalue weighted by molar-refractivity contribution is -0.171. The fraction of sp³-hybridized carbons (Fsp3) is 0.950. The number of fused-ring (bicyclic) bond motifs is 2. The Labute approximate surface area is 176 Å². The maximum absolute atomic E-state index is 6.08. The van der Waals surface area contributed by atoms with Crippen LogP contribution >= 0.6 is 24.0 Å². The molecule has 0 aromatic carbocycles. The Hall–Kier alpha value is -0.0800. The second kappa shape index (κ2) is 8.52. The number of rotatable bonds is 4. The molecule has 2 saturated heterocycles. The Kier molecular flexibility index (Phi) is 6.76. The molecule has 0 aromatic heterocycles. The number of hydrogen-bond donors (Lipinski definition) is 1. The van der Waals surface area contributed by atoms with E-state index in [1.165, 1.54) is 32.2 Å². The van der Waals surface area contributed by atoms with Crippen molar-refractivity contribution in [3.05, 3.63) is 0 Å². The summed E-state index contributed by atoms with van der Waals surface area (Å²) in [5.74, 6) is 2.62. The fourth-order valence-electron chi connectivity index (χ4n) is 5.64. The number of nitrogens with one attached hydrogen (secondary N) is 1. The van der Waals surface area contributed by atoms with Crippen LogP contribution in [0.15, 0.2) is 4.99 Å². The van der Waals surface area contributed by atoms with Gasteiger partial charge in [0.25, 0.3) is 0 Å². The molecule has 4 fully saturated rings. The molecular weight excluding hydrogens is 439 g/mol. The molecule has 0 bridgehead atoms. The molecule has 4 rings (SSSR count). The summed E-state index contributed by atoms with van der Waals surface area (Å²) in [7, 11) is 0. The van der Waals surface area contributed by atoms with Gasteiger partial charge in [0.1, 0.15) is 0 Å². The van der Waals surface area contributed by atoms with Crippen molar-refractivity contribution in [2.75, 3.05) is 45.9 Å². The molecular formula is C20H37IN4O. The Morgan fingerprint density at radius 3 is 2.54 bits per heavy atom. The van der Waals surface area contributed by atoms with Crippen LogP contribution in [0, 0.1) is 17.3 Å². The van der Waals surface area contributed by atoms with Crippen LogP contribution in [0.2, 0.25) is 0 Å². The van der Waals surface area contributed by atoms with Gasteiger partial charge in [-0.1, -0.05) is 20.3 Å². The van der Waals surface area contributed by atoms with Crippen molar-refractivity contribution >= 4 is 29.9 Å². The van der Waals surface area contributed by atoms with Gasteiger partial charge in [-0.05, 0) is 32.1 Å². The molecule has 26 heavy (non-hydrogen) atoms. The topological polar surface area (TPSA) is 40.1 Å². The van der Waals surface area contributed by atoms with Gasteiger partial charge in [-0.3, -0.25) is 9.89 Å². The van der Waals surface area contributed by atoms with Crippen LogP contribution in [-0.2, 0) is 4.74 Å². The third-order valence-electron chi connectivity index (χ3n) is 6.92. The van der Waals surface area contributed by atoms with Crippen molar-refractivity contribution in [2.24, 2.45) is 22.2 Å². The molecule has 3 unspecified atom stereocenters. The Morgan fingerprint density at radius 2 is 1.96 bits per heavy atom. The summed E-state index contributed by atoms with van der Waals surface area (Å²) in [6, 6.07) is 0.591. The first kappa shape index (κ1) is 20.6. The molecule has 1 spiro atoms. The summed E-state index contributed by atoms with van der Waals surface area (Å²) in [5.41, 5.74) is 0.426. The molecule has 2 aliphatic carbocycles. The SMILES string of the molecule is CCN=C(NC1C2CCOC2C12CCC2)N1CCN(CC(C)C)CC1.I. The first-order valence-electron chi connectivity index (χ1n) is 10.5. The van der Waals surface area contributed by atoms with E-state index >= 15 is 0 Å². The second-order valence-corrected chi connectivity index (χ2v) is 8.93. The summed E-state index contributed by atoms with van der Waals surface area (Å²) < 4.78 is 6.08. The number of aliphatic imine (C=N–C) groups is 1. The third kappa shape index (κ3) is 3.62. The molecule has 0 aromatic rings. The van der Waals surface area contributed by atoms with E-state index in [0.717, 1.165) is 51.2 Å². The van der Waals surface area contributed by atoms with Crippen molar-refractivity contribution in [1.82, 2.24) is 15.1 Å². The van der Waals surface area contributed by atoms with Gasteiger partial charge < -0.3 is 15.0 Å². The predicted octanol–water partition coefficient (Wildman–Crippen LogP) is 2.80. The first-order valence-corrected chi connectivity index (χ1v) is 10.5. The van der Waals surface area contributed by atoms with E-state index in [1.54, 1.807) is 0 Å². The van der Waals surface area contributed by atoms with E-state index in [2.05, 4.69) is 35.9 Å². The highest BCUT2D eigenvalue weighted by Crippen LogP contribution is 2.62. The van der Waals surface area contributed by atoms with Gasteiger partial charge in [0.05, 0.1) is 6.10 Å². The Morgan fingerprint density at radius 1 is 1.23 bits per heavy atom. The standard InChI is InChI=1S/C20H36N4O.HI/c1-4-21-19(24-11-9-23(10-12-24)14-15(2)3)22-17-16-6-13-25-18(16)20(17)7-5-8-20;/h15-18H,4-14H2,1-3H3,(H,21,22);1H. The van der Waals surface area contributed by atoms with Crippen LogP contribution in [0.1, 0.15) is 46.5 Å². The van der Waals surface area contributed by atoms with Crippen molar-refractivity contribution in [1.29, 1.82) is 0 Å². The van der Waals surface area contributed by atoms with Gasteiger partial charge >= 0.3 is 0 Å². The smallest absolute Gasteiger partial charge is 0.194 e. The zero-order valence-electron chi connectivity index (χ0n) is 16.7. The van der Waals surface area contributed by atoms with Crippen molar-refractivity contribution in [3.8, 4) is 0 Å². The maximum atomic E-state index is 6.08. The van der Waals surface area contributed by atoms with E-state index in [4.69, 9.17) is 9.73 Å². The van der Waals surface area contributed by atoms with E-state index in [9.17, 15) is 0 Å². The highest BCUT2D eigenvalue weighted by Gasteiger charge is 2.66. The van der Waals surface area contributed by atoms with Gasteiger partial charge in [-0.2, -0.15) is 0 Å². The van der Waals surface area contributed by atoms with Crippen molar-refractivity contribution in [3.63, 3.8) is 0 Å². The lowest BCUT2D eigenvalue weighted by Gasteiger charge is -2.63. The molecule has 2 aliphatic heterocycles. The largest absolute Gasteiger partial charge is 0.377 e. The zero-order chi connectivity index (χ0) is 17.4. The molecule has 150 valence electrons. The maximum Gasteiger partial charge on any atom is 0.194 e. The second-order valence-electron chi connectivity index (χ2n) is 8.93. The highest BCUT2D eigenvalue weighted by molar-refractivity contribution is 14.0. The number of halogens is 1. The monoisotopic (exact) mass is 476 g/mol. The molecule has 2 saturated carbocycles. The van der Waals surface area contributed by atoms with Crippen LogP contribution in [-0.4, -0.2) is 73.8 Å². The quantitative estimate of drug-likeness (QED) is 0.385. The normalized spacial score (nSPS) is 33.5. The van der Waals surface area contributed by atoms with Gasteiger partial charge in [-0.25, -0.2) is 0 Å². The van der Waals surface area contributed by atoms with Gasteiger partial charge in [-0.15, -0.1) is 24.0 Å². The molecule has 0 amide bonds. The van der Waals surface area contributed by atoms with Crippen LogP contribution in [0.3, 0.4) is 0 Å². The molecule has 5 nitrogen and oxygen atoms in total. The molecule has 6 heteroatoms. The number of piperazine rings is 1. The Balaban J connectivity index is 0.00000196.